The third kappa shape index (κ3) is 3.22. The van der Waals surface area contributed by atoms with Crippen LogP contribution in [0.2, 0.25) is 10.0 Å². The van der Waals surface area contributed by atoms with Crippen molar-refractivity contribution in [2.24, 2.45) is 0 Å². The average molecular weight is 288 g/mol. The summed E-state index contributed by atoms with van der Waals surface area (Å²) in [5, 5.41) is 19.3. The van der Waals surface area contributed by atoms with Crippen molar-refractivity contribution in [2.75, 3.05) is 5.88 Å². The first-order valence-corrected chi connectivity index (χ1v) is 5.83. The van der Waals surface area contributed by atoms with Crippen LogP contribution >= 0.6 is 34.8 Å². The second-order valence-electron chi connectivity index (χ2n) is 3.27. The molecule has 1 aromatic carbocycles. The minimum atomic E-state index is -1.28. The van der Waals surface area contributed by atoms with Gasteiger partial charge < -0.3 is 10.2 Å². The summed E-state index contributed by atoms with van der Waals surface area (Å²) in [7, 11) is 0. The summed E-state index contributed by atoms with van der Waals surface area (Å²) in [5.74, 6) is -0.410. The highest BCUT2D eigenvalue weighted by atomic mass is 35.5. The first-order chi connectivity index (χ1) is 7.47. The Hall–Kier alpha value is -0.0600. The van der Waals surface area contributed by atoms with Crippen molar-refractivity contribution in [1.82, 2.24) is 0 Å². The summed E-state index contributed by atoms with van der Waals surface area (Å²) in [6.07, 6.45) is -2.18. The molecule has 2 unspecified atom stereocenters. The molecule has 6 heteroatoms. The Bertz CT molecular complexity index is 350. The van der Waals surface area contributed by atoms with Crippen molar-refractivity contribution in [3.8, 4) is 0 Å². The Balaban J connectivity index is 3.03. The van der Waals surface area contributed by atoms with Crippen LogP contribution < -0.4 is 0 Å². The van der Waals surface area contributed by atoms with Crippen LogP contribution in [0.1, 0.15) is 18.1 Å². The molecule has 1 rings (SSSR count). The molecular weight excluding hydrogens is 277 g/mol. The zero-order chi connectivity index (χ0) is 12.3. The Labute approximate surface area is 108 Å². The zero-order valence-corrected chi connectivity index (χ0v) is 10.4. The van der Waals surface area contributed by atoms with Gasteiger partial charge in [0.25, 0.3) is 0 Å². The van der Waals surface area contributed by atoms with Gasteiger partial charge in [0, 0.05) is 11.4 Å². The molecule has 0 aliphatic rings. The molecule has 90 valence electrons. The average Bonchev–Trinajstić information content (AvgIpc) is 2.16. The van der Waals surface area contributed by atoms with E-state index >= 15 is 0 Å². The highest BCUT2D eigenvalue weighted by Crippen LogP contribution is 2.33. The summed E-state index contributed by atoms with van der Waals surface area (Å²) in [5.41, 5.74) is 0.113. The number of aliphatic hydroxyl groups is 2. The fourth-order valence-corrected chi connectivity index (χ4v) is 2.21. The van der Waals surface area contributed by atoms with Gasteiger partial charge in [0.1, 0.15) is 11.9 Å². The highest BCUT2D eigenvalue weighted by molar-refractivity contribution is 6.36. The lowest BCUT2D eigenvalue weighted by atomic mass is 10.0. The monoisotopic (exact) mass is 286 g/mol. The zero-order valence-electron chi connectivity index (χ0n) is 8.13. The van der Waals surface area contributed by atoms with Crippen LogP contribution in [0.4, 0.5) is 4.39 Å². The van der Waals surface area contributed by atoms with Crippen molar-refractivity contribution in [2.45, 2.75) is 18.6 Å². The molecule has 16 heavy (non-hydrogen) atoms. The van der Waals surface area contributed by atoms with E-state index in [-0.39, 0.29) is 27.9 Å². The number of benzene rings is 1. The second kappa shape index (κ2) is 6.03. The van der Waals surface area contributed by atoms with E-state index in [4.69, 9.17) is 34.8 Å². The van der Waals surface area contributed by atoms with Gasteiger partial charge in [0.15, 0.2) is 0 Å². The number of hydrogen-bond acceptors (Lipinski definition) is 2. The molecular formula is C10H10Cl3FO2. The first kappa shape index (κ1) is 14.0. The third-order valence-corrected chi connectivity index (χ3v) is 2.95. The van der Waals surface area contributed by atoms with Crippen LogP contribution in [0.25, 0.3) is 0 Å². The maximum absolute atomic E-state index is 12.9. The van der Waals surface area contributed by atoms with Crippen molar-refractivity contribution < 1.29 is 14.6 Å². The fraction of sp³-hybridized carbons (Fsp3) is 0.400. The van der Waals surface area contributed by atoms with Gasteiger partial charge in [-0.3, -0.25) is 0 Å². The van der Waals surface area contributed by atoms with Crippen LogP contribution in [0.3, 0.4) is 0 Å². The third-order valence-electron chi connectivity index (χ3n) is 2.11. The van der Waals surface area contributed by atoms with E-state index in [0.29, 0.717) is 0 Å². The van der Waals surface area contributed by atoms with E-state index in [1.54, 1.807) is 0 Å². The molecule has 0 saturated heterocycles. The molecule has 0 aromatic heterocycles. The van der Waals surface area contributed by atoms with Crippen molar-refractivity contribution in [3.63, 3.8) is 0 Å². The van der Waals surface area contributed by atoms with Crippen LogP contribution in [0.15, 0.2) is 12.1 Å². The predicted octanol–water partition coefficient (Wildman–Crippen LogP) is 3.16. The Morgan fingerprint density at radius 2 is 1.69 bits per heavy atom. The number of aliphatic hydroxyl groups excluding tert-OH is 2. The topological polar surface area (TPSA) is 40.5 Å². The van der Waals surface area contributed by atoms with Crippen molar-refractivity contribution in [1.29, 1.82) is 0 Å². The fourth-order valence-electron chi connectivity index (χ4n) is 1.30. The van der Waals surface area contributed by atoms with E-state index in [2.05, 4.69) is 0 Å². The summed E-state index contributed by atoms with van der Waals surface area (Å²) < 4.78 is 12.9. The van der Waals surface area contributed by atoms with Gasteiger partial charge in [-0.15, -0.1) is 11.6 Å². The van der Waals surface area contributed by atoms with E-state index in [1.165, 1.54) is 0 Å². The van der Waals surface area contributed by atoms with Gasteiger partial charge in [-0.2, -0.15) is 0 Å². The van der Waals surface area contributed by atoms with Crippen molar-refractivity contribution in [3.05, 3.63) is 33.6 Å². The smallest absolute Gasteiger partial charge is 0.126 e. The maximum atomic E-state index is 12.9. The molecule has 0 amide bonds. The summed E-state index contributed by atoms with van der Waals surface area (Å²) >= 11 is 16.9. The van der Waals surface area contributed by atoms with Crippen LogP contribution in [-0.4, -0.2) is 22.2 Å². The second-order valence-corrected chi connectivity index (χ2v) is 4.47. The van der Waals surface area contributed by atoms with Crippen molar-refractivity contribution >= 4 is 34.8 Å². The summed E-state index contributed by atoms with van der Waals surface area (Å²) in [4.78, 5) is 0. The minimum absolute atomic E-state index is 0.0221. The molecule has 0 heterocycles. The minimum Gasteiger partial charge on any atom is -0.390 e. The van der Waals surface area contributed by atoms with E-state index in [1.807, 2.05) is 0 Å². The van der Waals surface area contributed by atoms with Gasteiger partial charge in [-0.1, -0.05) is 23.2 Å². The Morgan fingerprint density at radius 3 is 2.12 bits per heavy atom. The number of rotatable bonds is 4. The molecule has 1 aromatic rings. The Kier molecular flexibility index (Phi) is 5.28. The van der Waals surface area contributed by atoms with E-state index in [0.717, 1.165) is 12.1 Å². The molecule has 0 radical (unpaired) electrons. The quantitative estimate of drug-likeness (QED) is 0.835. The molecule has 0 aliphatic carbocycles. The molecule has 0 saturated carbocycles. The van der Waals surface area contributed by atoms with Crippen LogP contribution in [0.5, 0.6) is 0 Å². The highest BCUT2D eigenvalue weighted by Gasteiger charge is 2.23. The van der Waals surface area contributed by atoms with Gasteiger partial charge in [0.2, 0.25) is 0 Å². The first-order valence-electron chi connectivity index (χ1n) is 4.54. The van der Waals surface area contributed by atoms with Crippen LogP contribution in [0, 0.1) is 5.82 Å². The van der Waals surface area contributed by atoms with Gasteiger partial charge in [-0.05, 0) is 18.6 Å². The molecule has 0 spiro atoms. The summed E-state index contributed by atoms with van der Waals surface area (Å²) in [6.45, 7) is 0. The normalized spacial score (nSPS) is 14.9. The largest absolute Gasteiger partial charge is 0.390 e. The van der Waals surface area contributed by atoms with Gasteiger partial charge >= 0.3 is 0 Å². The summed E-state index contributed by atoms with van der Waals surface area (Å²) in [6, 6.07) is 2.05. The predicted molar refractivity (Wildman–Crippen MR) is 62.7 cm³/mol. The maximum Gasteiger partial charge on any atom is 0.126 e. The molecule has 2 N–H and O–H groups in total. The molecule has 0 aliphatic heterocycles. The van der Waals surface area contributed by atoms with E-state index in [9.17, 15) is 14.6 Å². The molecule has 2 nitrogen and oxygen atoms in total. The molecule has 0 bridgehead atoms. The lowest BCUT2D eigenvalue weighted by Gasteiger charge is -2.19. The van der Waals surface area contributed by atoms with E-state index < -0.39 is 18.0 Å². The molecule has 2 atom stereocenters. The SMILES string of the molecule is OC(CCCl)C(O)c1c(Cl)cc(F)cc1Cl. The van der Waals surface area contributed by atoms with Gasteiger partial charge in [-0.25, -0.2) is 4.39 Å². The lowest BCUT2D eigenvalue weighted by molar-refractivity contribution is 0.0171. The number of hydrogen-bond donors (Lipinski definition) is 2. The molecule has 0 fully saturated rings. The number of halogens is 4. The standard InChI is InChI=1S/C10H10Cl3FO2/c11-2-1-8(15)10(16)9-6(12)3-5(14)4-7(9)13/h3-4,8,10,15-16H,1-2H2. The van der Waals surface area contributed by atoms with Crippen LogP contribution in [-0.2, 0) is 0 Å². The van der Waals surface area contributed by atoms with Gasteiger partial charge in [0.05, 0.1) is 16.1 Å². The lowest BCUT2D eigenvalue weighted by Crippen LogP contribution is -2.19. The number of alkyl halides is 1. The Morgan fingerprint density at radius 1 is 1.19 bits per heavy atom.